The van der Waals surface area contributed by atoms with E-state index in [9.17, 15) is 9.59 Å². The van der Waals surface area contributed by atoms with Crippen LogP contribution in [-0.4, -0.2) is 69.3 Å². The van der Waals surface area contributed by atoms with Gasteiger partial charge >= 0.3 is 5.97 Å². The highest BCUT2D eigenvalue weighted by molar-refractivity contribution is 5.73. The van der Waals surface area contributed by atoms with Crippen molar-refractivity contribution < 1.29 is 33.3 Å². The number of carbonyl (C=O) groups excluding carboxylic acids is 2. The number of ether oxygens (including phenoxy) is 5. The molecule has 0 saturated carbocycles. The Morgan fingerprint density at radius 3 is 2.59 bits per heavy atom. The molecule has 1 aromatic rings. The summed E-state index contributed by atoms with van der Waals surface area (Å²) in [5, 5.41) is 6.02. The fourth-order valence-corrected chi connectivity index (χ4v) is 3.65. The quantitative estimate of drug-likeness (QED) is 0.629. The minimum Gasteiger partial charge on any atom is -0.465 e. The SMILES string of the molecule is CCOC(=O)CN[C@@H]1[C@@H](NC(C)=O)[C@H](OC)O[C@H]2CO[C@@H](c3ccccc3)O[C@H]12. The first-order valence-corrected chi connectivity index (χ1v) is 9.69. The van der Waals surface area contributed by atoms with E-state index in [0.29, 0.717) is 0 Å². The molecule has 9 heteroatoms. The molecule has 0 spiro atoms. The van der Waals surface area contributed by atoms with E-state index in [2.05, 4.69) is 10.6 Å². The van der Waals surface area contributed by atoms with Gasteiger partial charge in [0.15, 0.2) is 12.6 Å². The van der Waals surface area contributed by atoms with Crippen LogP contribution in [-0.2, 0) is 33.3 Å². The van der Waals surface area contributed by atoms with Crippen molar-refractivity contribution in [1.82, 2.24) is 10.6 Å². The Morgan fingerprint density at radius 1 is 1.17 bits per heavy atom. The van der Waals surface area contributed by atoms with Crippen molar-refractivity contribution in [3.63, 3.8) is 0 Å². The summed E-state index contributed by atoms with van der Waals surface area (Å²) >= 11 is 0. The maximum atomic E-state index is 11.9. The second-order valence-electron chi connectivity index (χ2n) is 6.89. The average molecular weight is 408 g/mol. The van der Waals surface area contributed by atoms with E-state index in [0.717, 1.165) is 5.56 Å². The van der Waals surface area contributed by atoms with Crippen LogP contribution >= 0.6 is 0 Å². The molecule has 160 valence electrons. The number of amides is 1. The zero-order valence-electron chi connectivity index (χ0n) is 16.8. The zero-order valence-corrected chi connectivity index (χ0v) is 16.8. The van der Waals surface area contributed by atoms with Crippen LogP contribution in [0.3, 0.4) is 0 Å². The summed E-state index contributed by atoms with van der Waals surface area (Å²) in [6, 6.07) is 8.53. The maximum Gasteiger partial charge on any atom is 0.319 e. The molecule has 9 nitrogen and oxygen atoms in total. The van der Waals surface area contributed by atoms with Gasteiger partial charge in [-0.3, -0.25) is 14.9 Å². The van der Waals surface area contributed by atoms with Gasteiger partial charge in [0.2, 0.25) is 5.91 Å². The van der Waals surface area contributed by atoms with Gasteiger partial charge < -0.3 is 29.0 Å². The van der Waals surface area contributed by atoms with E-state index in [1.165, 1.54) is 14.0 Å². The van der Waals surface area contributed by atoms with Crippen LogP contribution in [0.5, 0.6) is 0 Å². The summed E-state index contributed by atoms with van der Waals surface area (Å²) in [6.45, 7) is 3.70. The second kappa shape index (κ2) is 10.1. The van der Waals surface area contributed by atoms with E-state index < -0.39 is 42.8 Å². The standard InChI is InChI=1S/C20H28N2O7/c1-4-26-15(24)10-21-16-17(22-12(2)23)20(25-3)28-14-11-27-19(29-18(14)16)13-8-6-5-7-9-13/h5-9,14,16-21H,4,10-11H2,1-3H3,(H,22,23)/t14-,16+,17+,18-,19+,20+/m0/s1. The van der Waals surface area contributed by atoms with Crippen LogP contribution in [0.2, 0.25) is 0 Å². The lowest BCUT2D eigenvalue weighted by Crippen LogP contribution is -2.70. The maximum absolute atomic E-state index is 11.9. The molecule has 2 saturated heterocycles. The molecular weight excluding hydrogens is 380 g/mol. The molecule has 0 unspecified atom stereocenters. The molecule has 1 amide bonds. The second-order valence-corrected chi connectivity index (χ2v) is 6.89. The van der Waals surface area contributed by atoms with Crippen LogP contribution in [0.25, 0.3) is 0 Å². The molecule has 0 radical (unpaired) electrons. The van der Waals surface area contributed by atoms with Crippen molar-refractivity contribution in [3.8, 4) is 0 Å². The third-order valence-corrected chi connectivity index (χ3v) is 4.86. The van der Waals surface area contributed by atoms with E-state index in [1.807, 2.05) is 30.3 Å². The zero-order chi connectivity index (χ0) is 20.8. The smallest absolute Gasteiger partial charge is 0.319 e. The van der Waals surface area contributed by atoms with Crippen molar-refractivity contribution in [3.05, 3.63) is 35.9 Å². The minimum absolute atomic E-state index is 0.0333. The summed E-state index contributed by atoms with van der Waals surface area (Å²) in [6.07, 6.45) is -2.21. The van der Waals surface area contributed by atoms with E-state index in [4.69, 9.17) is 23.7 Å². The predicted molar refractivity (Wildman–Crippen MR) is 102 cm³/mol. The Hall–Kier alpha value is -2.04. The predicted octanol–water partition coefficient (Wildman–Crippen LogP) is 0.498. The third kappa shape index (κ3) is 5.31. The lowest BCUT2D eigenvalue weighted by atomic mass is 9.92. The van der Waals surface area contributed by atoms with Gasteiger partial charge in [-0.05, 0) is 6.92 Å². The van der Waals surface area contributed by atoms with E-state index in [-0.39, 0.29) is 25.7 Å². The fraction of sp³-hybridized carbons (Fsp3) is 0.600. The van der Waals surface area contributed by atoms with Gasteiger partial charge in [0.25, 0.3) is 0 Å². The van der Waals surface area contributed by atoms with Crippen LogP contribution in [0.15, 0.2) is 30.3 Å². The monoisotopic (exact) mass is 408 g/mol. The van der Waals surface area contributed by atoms with Crippen molar-refractivity contribution in [2.24, 2.45) is 0 Å². The Bertz CT molecular complexity index is 687. The van der Waals surface area contributed by atoms with Gasteiger partial charge in [-0.25, -0.2) is 0 Å². The molecule has 6 atom stereocenters. The summed E-state index contributed by atoms with van der Waals surface area (Å²) in [5.41, 5.74) is 0.875. The summed E-state index contributed by atoms with van der Waals surface area (Å²) < 4.78 is 28.5. The molecular formula is C20H28N2O7. The van der Waals surface area contributed by atoms with Crippen molar-refractivity contribution >= 4 is 11.9 Å². The Morgan fingerprint density at radius 2 is 1.93 bits per heavy atom. The van der Waals surface area contributed by atoms with Gasteiger partial charge in [0, 0.05) is 19.6 Å². The number of nitrogens with one attached hydrogen (secondary N) is 2. The largest absolute Gasteiger partial charge is 0.465 e. The van der Waals surface area contributed by atoms with Gasteiger partial charge in [0.05, 0.1) is 31.8 Å². The molecule has 0 bridgehead atoms. The molecule has 2 heterocycles. The number of hydrogen-bond acceptors (Lipinski definition) is 8. The Kier molecular flexibility index (Phi) is 7.57. The normalized spacial score (nSPS) is 31.6. The third-order valence-electron chi connectivity index (χ3n) is 4.86. The lowest BCUT2D eigenvalue weighted by Gasteiger charge is -2.49. The summed E-state index contributed by atoms with van der Waals surface area (Å²) in [4.78, 5) is 23.7. The molecule has 1 aromatic carbocycles. The fourth-order valence-electron chi connectivity index (χ4n) is 3.65. The van der Waals surface area contributed by atoms with Crippen molar-refractivity contribution in [2.45, 2.75) is 50.7 Å². The number of carbonyl (C=O) groups is 2. The highest BCUT2D eigenvalue weighted by Crippen LogP contribution is 2.34. The highest BCUT2D eigenvalue weighted by Gasteiger charge is 2.50. The number of rotatable bonds is 7. The number of esters is 1. The average Bonchev–Trinajstić information content (AvgIpc) is 2.72. The molecule has 2 aliphatic heterocycles. The Labute approximate surface area is 170 Å². The molecule has 0 aliphatic carbocycles. The van der Waals surface area contributed by atoms with Gasteiger partial charge in [0.1, 0.15) is 12.2 Å². The molecule has 0 aromatic heterocycles. The van der Waals surface area contributed by atoms with Crippen molar-refractivity contribution in [2.75, 3.05) is 26.9 Å². The molecule has 29 heavy (non-hydrogen) atoms. The first kappa shape index (κ1) is 21.7. The number of fused-ring (bicyclic) bond motifs is 1. The van der Waals surface area contributed by atoms with E-state index in [1.54, 1.807) is 6.92 Å². The van der Waals surface area contributed by atoms with Crippen LogP contribution < -0.4 is 10.6 Å². The first-order valence-electron chi connectivity index (χ1n) is 9.69. The molecule has 2 fully saturated rings. The van der Waals surface area contributed by atoms with Crippen LogP contribution in [0.4, 0.5) is 0 Å². The molecule has 2 aliphatic rings. The number of methoxy groups -OCH3 is 1. The summed E-state index contributed by atoms with van der Waals surface area (Å²) in [5.74, 6) is -0.633. The number of benzene rings is 1. The topological polar surface area (TPSA) is 104 Å². The Balaban J connectivity index is 1.82. The molecule has 2 N–H and O–H groups in total. The summed E-state index contributed by atoms with van der Waals surface area (Å²) in [7, 11) is 1.50. The molecule has 3 rings (SSSR count). The minimum atomic E-state index is -0.722. The highest BCUT2D eigenvalue weighted by atomic mass is 16.7. The van der Waals surface area contributed by atoms with E-state index >= 15 is 0 Å². The van der Waals surface area contributed by atoms with Crippen LogP contribution in [0, 0.1) is 0 Å². The van der Waals surface area contributed by atoms with Gasteiger partial charge in [-0.15, -0.1) is 0 Å². The van der Waals surface area contributed by atoms with Crippen LogP contribution in [0.1, 0.15) is 25.7 Å². The van der Waals surface area contributed by atoms with Crippen molar-refractivity contribution in [1.29, 1.82) is 0 Å². The van der Waals surface area contributed by atoms with Gasteiger partial charge in [-0.1, -0.05) is 30.3 Å². The first-order chi connectivity index (χ1) is 14.0. The number of hydrogen-bond donors (Lipinski definition) is 2. The van der Waals surface area contributed by atoms with Gasteiger partial charge in [-0.2, -0.15) is 0 Å². The lowest BCUT2D eigenvalue weighted by molar-refractivity contribution is -0.325.